The number of rotatable bonds is 6. The fourth-order valence-corrected chi connectivity index (χ4v) is 3.29. The summed E-state index contributed by atoms with van der Waals surface area (Å²) in [6.45, 7) is 4.34. The van der Waals surface area contributed by atoms with Crippen molar-refractivity contribution in [2.24, 2.45) is 23.6 Å². The normalized spacial score (nSPS) is 28.1. The van der Waals surface area contributed by atoms with Crippen LogP contribution in [0.2, 0.25) is 0 Å². The van der Waals surface area contributed by atoms with Crippen LogP contribution in [-0.2, 0) is 0 Å². The van der Waals surface area contributed by atoms with Crippen molar-refractivity contribution in [1.29, 1.82) is 0 Å². The second-order valence-corrected chi connectivity index (χ2v) is 6.06. The monoisotopic (exact) mass is 280 g/mol. The predicted octanol–water partition coefficient (Wildman–Crippen LogP) is 4.01. The number of alkyl halides is 3. The molecule has 5 heteroatoms. The number of nitrogens with one attached hydrogen (secondary N) is 1. The second-order valence-electron chi connectivity index (χ2n) is 6.06. The number of nitrogens with two attached hydrogens (primary N) is 1. The average Bonchev–Trinajstić information content (AvgIpc) is 2.35. The quantitative estimate of drug-likeness (QED) is 0.570. The molecule has 0 amide bonds. The van der Waals surface area contributed by atoms with Crippen LogP contribution in [0.15, 0.2) is 0 Å². The van der Waals surface area contributed by atoms with E-state index in [4.69, 9.17) is 5.84 Å². The first-order valence-corrected chi connectivity index (χ1v) is 7.41. The molecule has 0 aromatic rings. The summed E-state index contributed by atoms with van der Waals surface area (Å²) in [4.78, 5) is 0. The van der Waals surface area contributed by atoms with Crippen molar-refractivity contribution in [3.05, 3.63) is 0 Å². The Hall–Kier alpha value is -0.290. The lowest BCUT2D eigenvalue weighted by molar-refractivity contribution is -0.184. The van der Waals surface area contributed by atoms with Gasteiger partial charge < -0.3 is 0 Å². The maximum absolute atomic E-state index is 12.6. The van der Waals surface area contributed by atoms with E-state index >= 15 is 0 Å². The largest absolute Gasteiger partial charge is 0.391 e. The molecule has 0 bridgehead atoms. The van der Waals surface area contributed by atoms with E-state index in [-0.39, 0.29) is 18.9 Å². The summed E-state index contributed by atoms with van der Waals surface area (Å²) in [5, 5.41) is 0. The van der Waals surface area contributed by atoms with Crippen LogP contribution in [0, 0.1) is 17.8 Å². The van der Waals surface area contributed by atoms with Crippen LogP contribution >= 0.6 is 0 Å². The van der Waals surface area contributed by atoms with Crippen molar-refractivity contribution in [3.8, 4) is 0 Å². The third-order valence-corrected chi connectivity index (χ3v) is 4.46. The van der Waals surface area contributed by atoms with Crippen molar-refractivity contribution in [2.45, 2.75) is 71.0 Å². The van der Waals surface area contributed by atoms with Gasteiger partial charge in [0.25, 0.3) is 0 Å². The SMILES string of the molecule is CCCC(C)CC(NN)C1CCC(C(F)(F)F)CC1. The van der Waals surface area contributed by atoms with Crippen molar-refractivity contribution >= 4 is 0 Å². The molecule has 1 saturated carbocycles. The summed E-state index contributed by atoms with van der Waals surface area (Å²) in [6, 6.07) is 0.163. The Labute approximate surface area is 114 Å². The Balaban J connectivity index is 2.43. The number of hydrazine groups is 1. The summed E-state index contributed by atoms with van der Waals surface area (Å²) in [5.74, 6) is 5.36. The van der Waals surface area contributed by atoms with Gasteiger partial charge in [0.15, 0.2) is 0 Å². The Morgan fingerprint density at radius 1 is 1.21 bits per heavy atom. The minimum Gasteiger partial charge on any atom is -0.271 e. The Bertz CT molecular complexity index is 248. The second kappa shape index (κ2) is 7.48. The molecule has 1 fully saturated rings. The molecule has 3 N–H and O–H groups in total. The zero-order valence-electron chi connectivity index (χ0n) is 12.0. The molecule has 19 heavy (non-hydrogen) atoms. The van der Waals surface area contributed by atoms with Gasteiger partial charge in [-0.1, -0.05) is 26.7 Å². The topological polar surface area (TPSA) is 38.0 Å². The van der Waals surface area contributed by atoms with Crippen molar-refractivity contribution in [3.63, 3.8) is 0 Å². The first kappa shape index (κ1) is 16.8. The molecule has 0 heterocycles. The van der Waals surface area contributed by atoms with Gasteiger partial charge in [-0.05, 0) is 43.9 Å². The van der Waals surface area contributed by atoms with Crippen molar-refractivity contribution < 1.29 is 13.2 Å². The van der Waals surface area contributed by atoms with Crippen molar-refractivity contribution in [2.75, 3.05) is 0 Å². The van der Waals surface area contributed by atoms with Crippen molar-refractivity contribution in [1.82, 2.24) is 5.43 Å². The summed E-state index contributed by atoms with van der Waals surface area (Å²) >= 11 is 0. The lowest BCUT2D eigenvalue weighted by Crippen LogP contribution is -2.44. The molecule has 0 aliphatic heterocycles. The minimum atomic E-state index is -4.02. The molecule has 0 aromatic carbocycles. The maximum atomic E-state index is 12.6. The van der Waals surface area contributed by atoms with E-state index in [1.165, 1.54) is 0 Å². The molecule has 1 rings (SSSR count). The molecule has 0 radical (unpaired) electrons. The third kappa shape index (κ3) is 5.30. The Morgan fingerprint density at radius 3 is 2.21 bits per heavy atom. The molecule has 0 saturated heterocycles. The highest BCUT2D eigenvalue weighted by molar-refractivity contribution is 4.84. The van der Waals surface area contributed by atoms with E-state index in [0.29, 0.717) is 24.7 Å². The highest BCUT2D eigenvalue weighted by atomic mass is 19.4. The van der Waals surface area contributed by atoms with Crippen LogP contribution in [0.1, 0.15) is 58.8 Å². The van der Waals surface area contributed by atoms with Crippen LogP contribution in [0.25, 0.3) is 0 Å². The van der Waals surface area contributed by atoms with E-state index in [1.807, 2.05) is 0 Å². The van der Waals surface area contributed by atoms with E-state index in [1.54, 1.807) is 0 Å². The molecule has 2 unspecified atom stereocenters. The zero-order chi connectivity index (χ0) is 14.5. The lowest BCUT2D eigenvalue weighted by Gasteiger charge is -2.35. The highest BCUT2D eigenvalue weighted by Gasteiger charge is 2.42. The summed E-state index contributed by atoms with van der Waals surface area (Å²) in [6.07, 6.45) is 1.02. The molecule has 114 valence electrons. The highest BCUT2D eigenvalue weighted by Crippen LogP contribution is 2.41. The zero-order valence-corrected chi connectivity index (χ0v) is 12.0. The first-order valence-electron chi connectivity index (χ1n) is 7.41. The van der Waals surface area contributed by atoms with Crippen LogP contribution in [-0.4, -0.2) is 12.2 Å². The van der Waals surface area contributed by atoms with Crippen LogP contribution < -0.4 is 11.3 Å². The van der Waals surface area contributed by atoms with Gasteiger partial charge in [0.05, 0.1) is 5.92 Å². The fourth-order valence-electron chi connectivity index (χ4n) is 3.29. The van der Waals surface area contributed by atoms with Gasteiger partial charge in [-0.2, -0.15) is 13.2 Å². The van der Waals surface area contributed by atoms with Gasteiger partial charge in [0.1, 0.15) is 0 Å². The summed E-state index contributed by atoms with van der Waals surface area (Å²) in [5.41, 5.74) is 2.83. The third-order valence-electron chi connectivity index (χ3n) is 4.46. The number of hydrogen-bond donors (Lipinski definition) is 2. The minimum absolute atomic E-state index is 0.163. The van der Waals surface area contributed by atoms with Gasteiger partial charge >= 0.3 is 6.18 Å². The van der Waals surface area contributed by atoms with Crippen LogP contribution in [0.4, 0.5) is 13.2 Å². The van der Waals surface area contributed by atoms with E-state index < -0.39 is 12.1 Å². The number of halogens is 3. The predicted molar refractivity (Wildman–Crippen MR) is 71.3 cm³/mol. The lowest BCUT2D eigenvalue weighted by atomic mass is 9.76. The first-order chi connectivity index (χ1) is 8.88. The standard InChI is InChI=1S/C14H27F3N2/c1-3-4-10(2)9-13(19-18)11-5-7-12(8-6-11)14(15,16)17/h10-13,19H,3-9,18H2,1-2H3. The summed E-state index contributed by atoms with van der Waals surface area (Å²) in [7, 11) is 0. The molecular weight excluding hydrogens is 253 g/mol. The molecule has 1 aliphatic rings. The molecule has 0 aromatic heterocycles. The smallest absolute Gasteiger partial charge is 0.271 e. The molecular formula is C14H27F3N2. The number of hydrogen-bond acceptors (Lipinski definition) is 2. The summed E-state index contributed by atoms with van der Waals surface area (Å²) < 4.78 is 37.9. The van der Waals surface area contributed by atoms with Gasteiger partial charge in [-0.15, -0.1) is 0 Å². The molecule has 0 spiro atoms. The molecule has 1 aliphatic carbocycles. The Morgan fingerprint density at radius 2 is 1.79 bits per heavy atom. The van der Waals surface area contributed by atoms with Crippen LogP contribution in [0.3, 0.4) is 0 Å². The van der Waals surface area contributed by atoms with E-state index in [0.717, 1.165) is 19.3 Å². The van der Waals surface area contributed by atoms with Gasteiger partial charge in [0, 0.05) is 6.04 Å². The van der Waals surface area contributed by atoms with Crippen LogP contribution in [0.5, 0.6) is 0 Å². The molecule has 2 nitrogen and oxygen atoms in total. The molecule has 2 atom stereocenters. The van der Waals surface area contributed by atoms with Gasteiger partial charge in [-0.25, -0.2) is 0 Å². The van der Waals surface area contributed by atoms with Gasteiger partial charge in [0.2, 0.25) is 0 Å². The Kier molecular flexibility index (Phi) is 6.60. The van der Waals surface area contributed by atoms with E-state index in [2.05, 4.69) is 19.3 Å². The maximum Gasteiger partial charge on any atom is 0.391 e. The average molecular weight is 280 g/mol. The fraction of sp³-hybridized carbons (Fsp3) is 1.00. The van der Waals surface area contributed by atoms with E-state index in [9.17, 15) is 13.2 Å². The van der Waals surface area contributed by atoms with Gasteiger partial charge in [-0.3, -0.25) is 11.3 Å².